The van der Waals surface area contributed by atoms with Gasteiger partial charge < -0.3 is 5.32 Å². The van der Waals surface area contributed by atoms with Crippen molar-refractivity contribution in [3.63, 3.8) is 0 Å². The number of hydrogen-bond acceptors (Lipinski definition) is 3. The molecule has 3 aromatic rings. The fourth-order valence-corrected chi connectivity index (χ4v) is 2.38. The van der Waals surface area contributed by atoms with Crippen molar-refractivity contribution < 1.29 is 9.59 Å². The number of nitrogens with zero attached hydrogens (tertiary/aromatic N) is 1. The number of anilines is 1. The number of hydrogen-bond donors (Lipinski definition) is 2. The van der Waals surface area contributed by atoms with Crippen LogP contribution in [0.25, 0.3) is 10.8 Å². The second kappa shape index (κ2) is 7.40. The summed E-state index contributed by atoms with van der Waals surface area (Å²) >= 11 is 0. The third-order valence-corrected chi connectivity index (χ3v) is 3.70. The minimum absolute atomic E-state index is 0.584. The summed E-state index contributed by atoms with van der Waals surface area (Å²) < 4.78 is 0. The van der Waals surface area contributed by atoms with Crippen LogP contribution in [0.2, 0.25) is 0 Å². The Labute approximate surface area is 145 Å². The van der Waals surface area contributed by atoms with E-state index in [1.165, 1.54) is 6.21 Å². The highest BCUT2D eigenvalue weighted by Gasteiger charge is 2.14. The Morgan fingerprint density at radius 1 is 0.880 bits per heavy atom. The Balaban J connectivity index is 1.64. The molecule has 5 heteroatoms. The molecule has 25 heavy (non-hydrogen) atoms. The van der Waals surface area contributed by atoms with Gasteiger partial charge in [0.2, 0.25) is 0 Å². The molecular weight excluding hydrogens is 314 g/mol. The molecule has 2 amide bonds. The Morgan fingerprint density at radius 3 is 2.40 bits per heavy atom. The first-order valence-electron chi connectivity index (χ1n) is 7.82. The molecule has 124 valence electrons. The SMILES string of the molecule is Cc1ccc(/C=N/NC(=O)C(=O)Nc2cccc3ccccc23)cc1. The third kappa shape index (κ3) is 4.09. The Kier molecular flexibility index (Phi) is 4.85. The van der Waals surface area contributed by atoms with Crippen LogP contribution in [0.3, 0.4) is 0 Å². The van der Waals surface area contributed by atoms with Crippen molar-refractivity contribution in [2.75, 3.05) is 5.32 Å². The average Bonchev–Trinajstić information content (AvgIpc) is 2.63. The van der Waals surface area contributed by atoms with E-state index >= 15 is 0 Å². The summed E-state index contributed by atoms with van der Waals surface area (Å²) in [6.45, 7) is 1.99. The maximum absolute atomic E-state index is 12.0. The van der Waals surface area contributed by atoms with Crippen molar-refractivity contribution in [3.8, 4) is 0 Å². The van der Waals surface area contributed by atoms with E-state index in [9.17, 15) is 9.59 Å². The van der Waals surface area contributed by atoms with E-state index in [1.807, 2.05) is 67.6 Å². The molecule has 0 saturated heterocycles. The van der Waals surface area contributed by atoms with E-state index < -0.39 is 11.8 Å². The molecule has 0 aliphatic carbocycles. The van der Waals surface area contributed by atoms with Crippen molar-refractivity contribution >= 4 is 34.5 Å². The van der Waals surface area contributed by atoms with Gasteiger partial charge in [-0.1, -0.05) is 66.2 Å². The van der Waals surface area contributed by atoms with Gasteiger partial charge in [0.1, 0.15) is 0 Å². The number of benzene rings is 3. The topological polar surface area (TPSA) is 70.6 Å². The van der Waals surface area contributed by atoms with Gasteiger partial charge >= 0.3 is 11.8 Å². The van der Waals surface area contributed by atoms with Crippen LogP contribution in [0.15, 0.2) is 71.8 Å². The predicted molar refractivity (Wildman–Crippen MR) is 99.5 cm³/mol. The Bertz CT molecular complexity index is 941. The fraction of sp³-hybridized carbons (Fsp3) is 0.0500. The maximum Gasteiger partial charge on any atom is 0.329 e. The van der Waals surface area contributed by atoms with E-state index in [0.717, 1.165) is 21.9 Å². The van der Waals surface area contributed by atoms with E-state index in [4.69, 9.17) is 0 Å². The number of fused-ring (bicyclic) bond motifs is 1. The molecule has 0 heterocycles. The molecule has 3 aromatic carbocycles. The molecule has 5 nitrogen and oxygen atoms in total. The lowest BCUT2D eigenvalue weighted by atomic mass is 10.1. The quantitative estimate of drug-likeness (QED) is 0.439. The van der Waals surface area contributed by atoms with Gasteiger partial charge in [-0.25, -0.2) is 5.43 Å². The van der Waals surface area contributed by atoms with Gasteiger partial charge in [0, 0.05) is 11.1 Å². The number of amides is 2. The number of nitrogens with one attached hydrogen (secondary N) is 2. The van der Waals surface area contributed by atoms with Gasteiger partial charge in [-0.2, -0.15) is 5.10 Å². The largest absolute Gasteiger partial charge is 0.329 e. The fourth-order valence-electron chi connectivity index (χ4n) is 2.38. The molecular formula is C20H17N3O2. The highest BCUT2D eigenvalue weighted by molar-refractivity contribution is 6.40. The lowest BCUT2D eigenvalue weighted by Gasteiger charge is -2.07. The molecule has 0 aliphatic heterocycles. The van der Waals surface area contributed by atoms with Crippen LogP contribution < -0.4 is 10.7 Å². The molecule has 0 atom stereocenters. The number of hydrazone groups is 1. The highest BCUT2D eigenvalue weighted by atomic mass is 16.2. The van der Waals surface area contributed by atoms with Crippen LogP contribution in [-0.2, 0) is 9.59 Å². The Hall–Kier alpha value is -3.47. The van der Waals surface area contributed by atoms with E-state index in [-0.39, 0.29) is 0 Å². The average molecular weight is 331 g/mol. The second-order valence-corrected chi connectivity index (χ2v) is 5.59. The molecule has 0 spiro atoms. The zero-order chi connectivity index (χ0) is 17.6. The predicted octanol–water partition coefficient (Wildman–Crippen LogP) is 3.24. The molecule has 2 N–H and O–H groups in total. The molecule has 0 aliphatic rings. The zero-order valence-corrected chi connectivity index (χ0v) is 13.7. The van der Waals surface area contributed by atoms with Crippen LogP contribution in [0.5, 0.6) is 0 Å². The number of rotatable bonds is 3. The number of carbonyl (C=O) groups excluding carboxylic acids is 2. The van der Waals surface area contributed by atoms with Crippen LogP contribution in [0.1, 0.15) is 11.1 Å². The first-order chi connectivity index (χ1) is 12.1. The molecule has 0 bridgehead atoms. The molecule has 0 saturated carbocycles. The lowest BCUT2D eigenvalue weighted by Crippen LogP contribution is -2.32. The van der Waals surface area contributed by atoms with Crippen LogP contribution in [-0.4, -0.2) is 18.0 Å². The standard InChI is InChI=1S/C20H17N3O2/c1-14-9-11-15(12-10-14)13-21-23-20(25)19(24)22-18-8-4-6-16-5-2-3-7-17(16)18/h2-13H,1H3,(H,22,24)(H,23,25)/b21-13+. The minimum atomic E-state index is -0.823. The summed E-state index contributed by atoms with van der Waals surface area (Å²) in [5.74, 6) is -1.59. The monoisotopic (exact) mass is 331 g/mol. The van der Waals surface area contributed by atoms with Crippen LogP contribution in [0.4, 0.5) is 5.69 Å². The Morgan fingerprint density at radius 2 is 1.60 bits per heavy atom. The maximum atomic E-state index is 12.0. The van der Waals surface area contributed by atoms with Crippen molar-refractivity contribution in [2.45, 2.75) is 6.92 Å². The van der Waals surface area contributed by atoms with Gasteiger partial charge in [0.25, 0.3) is 0 Å². The summed E-state index contributed by atoms with van der Waals surface area (Å²) in [6, 6.07) is 20.8. The second-order valence-electron chi connectivity index (χ2n) is 5.59. The lowest BCUT2D eigenvalue weighted by molar-refractivity contribution is -0.136. The van der Waals surface area contributed by atoms with Crippen molar-refractivity contribution in [3.05, 3.63) is 77.9 Å². The minimum Gasteiger partial charge on any atom is -0.317 e. The van der Waals surface area contributed by atoms with Gasteiger partial charge in [-0.05, 0) is 23.9 Å². The van der Waals surface area contributed by atoms with Crippen molar-refractivity contribution in [2.24, 2.45) is 5.10 Å². The molecule has 0 aromatic heterocycles. The van der Waals surface area contributed by atoms with Crippen LogP contribution in [0, 0.1) is 6.92 Å². The molecule has 0 fully saturated rings. The first-order valence-corrected chi connectivity index (χ1v) is 7.82. The van der Waals surface area contributed by atoms with Gasteiger partial charge in [0.05, 0.1) is 6.21 Å². The van der Waals surface area contributed by atoms with Gasteiger partial charge in [-0.15, -0.1) is 0 Å². The van der Waals surface area contributed by atoms with Crippen molar-refractivity contribution in [1.82, 2.24) is 5.43 Å². The molecule has 0 radical (unpaired) electrons. The van der Waals surface area contributed by atoms with Crippen molar-refractivity contribution in [1.29, 1.82) is 0 Å². The van der Waals surface area contributed by atoms with E-state index in [0.29, 0.717) is 5.69 Å². The molecule has 3 rings (SSSR count). The number of carbonyl (C=O) groups is 2. The van der Waals surface area contributed by atoms with Crippen LogP contribution >= 0.6 is 0 Å². The highest BCUT2D eigenvalue weighted by Crippen LogP contribution is 2.22. The first kappa shape index (κ1) is 16.4. The summed E-state index contributed by atoms with van der Waals surface area (Å²) in [4.78, 5) is 23.9. The third-order valence-electron chi connectivity index (χ3n) is 3.70. The number of aryl methyl sites for hydroxylation is 1. The van der Waals surface area contributed by atoms with Gasteiger partial charge in [-0.3, -0.25) is 9.59 Å². The summed E-state index contributed by atoms with van der Waals surface area (Å²) in [7, 11) is 0. The van der Waals surface area contributed by atoms with E-state index in [1.54, 1.807) is 6.07 Å². The summed E-state index contributed by atoms with van der Waals surface area (Å²) in [5.41, 5.74) is 4.78. The summed E-state index contributed by atoms with van der Waals surface area (Å²) in [6.07, 6.45) is 1.49. The summed E-state index contributed by atoms with van der Waals surface area (Å²) in [5, 5.41) is 8.28. The molecule has 0 unspecified atom stereocenters. The zero-order valence-electron chi connectivity index (χ0n) is 13.7. The van der Waals surface area contributed by atoms with E-state index in [2.05, 4.69) is 15.8 Å². The van der Waals surface area contributed by atoms with Gasteiger partial charge in [0.15, 0.2) is 0 Å². The normalized spacial score (nSPS) is 10.8. The smallest absolute Gasteiger partial charge is 0.317 e.